The lowest BCUT2D eigenvalue weighted by Gasteiger charge is -2.11. The normalized spacial score (nSPS) is 11.6. The first-order chi connectivity index (χ1) is 11.9. The summed E-state index contributed by atoms with van der Waals surface area (Å²) in [5.74, 6) is -0.173. The fourth-order valence-electron chi connectivity index (χ4n) is 1.71. The third kappa shape index (κ3) is 6.71. The molecule has 2 rings (SSSR count). The monoisotopic (exact) mass is 508 g/mol. The Morgan fingerprint density at radius 2 is 1.31 bits per heavy atom. The van der Waals surface area contributed by atoms with Crippen LogP contribution in [0.3, 0.4) is 0 Å². The highest BCUT2D eigenvalue weighted by Crippen LogP contribution is 2.37. The molecule has 0 unspecified atom stereocenters. The number of benzene rings is 2. The summed E-state index contributed by atoms with van der Waals surface area (Å²) in [6.07, 6.45) is -8.79. The molecule has 0 aliphatic heterocycles. The van der Waals surface area contributed by atoms with Gasteiger partial charge >= 0.3 is 12.4 Å². The summed E-state index contributed by atoms with van der Waals surface area (Å²) in [5.41, 5.74) is -1.59. The Hall–Kier alpha value is -1.42. The highest BCUT2D eigenvalue weighted by molar-refractivity contribution is 9.10. The molecular formula is C16H12Br2F6O2. The molecule has 10 heteroatoms. The molecule has 0 atom stereocenters. The molecular weight excluding hydrogens is 498 g/mol. The Morgan fingerprint density at radius 3 is 1.73 bits per heavy atom. The molecule has 26 heavy (non-hydrogen) atoms. The van der Waals surface area contributed by atoms with E-state index < -0.39 is 29.2 Å². The predicted molar refractivity (Wildman–Crippen MR) is 91.1 cm³/mol. The summed E-state index contributed by atoms with van der Waals surface area (Å²) in [6, 6.07) is 6.80. The maximum absolute atomic E-state index is 12.4. The molecule has 2 aromatic carbocycles. The van der Waals surface area contributed by atoms with E-state index in [0.29, 0.717) is 12.7 Å². The van der Waals surface area contributed by atoms with Crippen molar-refractivity contribution in [3.8, 4) is 11.5 Å². The van der Waals surface area contributed by atoms with Crippen molar-refractivity contribution >= 4 is 31.9 Å². The molecule has 2 aromatic rings. The minimum atomic E-state index is -4.43. The summed E-state index contributed by atoms with van der Waals surface area (Å²) < 4.78 is 78.3. The van der Waals surface area contributed by atoms with Crippen LogP contribution in [0.4, 0.5) is 26.3 Å². The first kappa shape index (κ1) is 22.6. The minimum absolute atomic E-state index is 0.0217. The van der Waals surface area contributed by atoms with Gasteiger partial charge in [-0.05, 0) is 43.3 Å². The van der Waals surface area contributed by atoms with E-state index in [4.69, 9.17) is 9.84 Å². The molecule has 0 fully saturated rings. The van der Waals surface area contributed by atoms with Crippen molar-refractivity contribution in [2.24, 2.45) is 0 Å². The van der Waals surface area contributed by atoms with Crippen LogP contribution in [0.1, 0.15) is 18.1 Å². The Balaban J connectivity index is 0.000000263. The van der Waals surface area contributed by atoms with E-state index in [1.807, 2.05) is 0 Å². The zero-order valence-electron chi connectivity index (χ0n) is 13.1. The molecule has 0 radical (unpaired) electrons. The van der Waals surface area contributed by atoms with Crippen molar-refractivity contribution in [2.75, 3.05) is 6.61 Å². The molecule has 1 N–H and O–H groups in total. The van der Waals surface area contributed by atoms with Crippen LogP contribution >= 0.6 is 31.9 Å². The van der Waals surface area contributed by atoms with Crippen LogP contribution in [-0.2, 0) is 12.4 Å². The van der Waals surface area contributed by atoms with Crippen LogP contribution in [0.25, 0.3) is 0 Å². The van der Waals surface area contributed by atoms with Crippen molar-refractivity contribution in [3.63, 3.8) is 0 Å². The van der Waals surface area contributed by atoms with Gasteiger partial charge in [0.25, 0.3) is 0 Å². The summed E-state index contributed by atoms with van der Waals surface area (Å²) in [7, 11) is 0. The van der Waals surface area contributed by atoms with Crippen LogP contribution in [0.15, 0.2) is 45.3 Å². The van der Waals surface area contributed by atoms with Crippen molar-refractivity contribution < 1.29 is 36.2 Å². The number of alkyl halides is 6. The van der Waals surface area contributed by atoms with Crippen molar-refractivity contribution in [1.29, 1.82) is 0 Å². The molecule has 144 valence electrons. The number of hydrogen-bond donors (Lipinski definition) is 1. The number of ether oxygens (including phenoxy) is 1. The lowest BCUT2D eigenvalue weighted by atomic mass is 10.2. The van der Waals surface area contributed by atoms with E-state index in [1.165, 1.54) is 18.2 Å². The molecule has 0 amide bonds. The van der Waals surface area contributed by atoms with Gasteiger partial charge in [-0.1, -0.05) is 31.9 Å². The van der Waals surface area contributed by atoms with Crippen LogP contribution in [0, 0.1) is 0 Å². The molecule has 0 bridgehead atoms. The molecule has 0 aromatic heterocycles. The van der Waals surface area contributed by atoms with Gasteiger partial charge in [0.05, 0.1) is 17.7 Å². The van der Waals surface area contributed by atoms with E-state index in [9.17, 15) is 26.3 Å². The quantitative estimate of drug-likeness (QED) is 0.440. The maximum atomic E-state index is 12.4. The van der Waals surface area contributed by atoms with E-state index in [0.717, 1.165) is 12.1 Å². The summed E-state index contributed by atoms with van der Waals surface area (Å²) in [4.78, 5) is 0. The van der Waals surface area contributed by atoms with E-state index in [-0.39, 0.29) is 14.7 Å². The van der Waals surface area contributed by atoms with E-state index in [2.05, 4.69) is 31.9 Å². The van der Waals surface area contributed by atoms with Gasteiger partial charge in [0.1, 0.15) is 11.5 Å². The Labute approximate surface area is 162 Å². The molecule has 0 heterocycles. The molecule has 0 aliphatic carbocycles. The van der Waals surface area contributed by atoms with E-state index >= 15 is 0 Å². The van der Waals surface area contributed by atoms with Crippen molar-refractivity contribution in [3.05, 3.63) is 56.5 Å². The van der Waals surface area contributed by atoms with Gasteiger partial charge in [-0.15, -0.1) is 0 Å². The summed E-state index contributed by atoms with van der Waals surface area (Å²) >= 11 is 5.58. The highest BCUT2D eigenvalue weighted by atomic mass is 79.9. The molecule has 0 saturated carbocycles. The van der Waals surface area contributed by atoms with Gasteiger partial charge in [0.15, 0.2) is 0 Å². The van der Waals surface area contributed by atoms with Gasteiger partial charge in [-0.25, -0.2) is 0 Å². The average Bonchev–Trinajstić information content (AvgIpc) is 2.50. The Bertz CT molecular complexity index is 744. The standard InChI is InChI=1S/C9H8BrF3O.C7H4BrF3O/c1-2-14-6-3-4-8(10)7(5-6)9(11,12)13;8-6-2-1-4(12)3-5(6)7(9,10)11/h3-5H,2H2,1H3;1-3,12H. The van der Waals surface area contributed by atoms with Crippen LogP contribution in [0.2, 0.25) is 0 Å². The zero-order chi connectivity index (χ0) is 20.1. The fourth-order valence-corrected chi connectivity index (χ4v) is 2.65. The Kier molecular flexibility index (Phi) is 7.82. The minimum Gasteiger partial charge on any atom is -0.508 e. The van der Waals surface area contributed by atoms with Gasteiger partial charge < -0.3 is 9.84 Å². The SMILES string of the molecule is CCOc1ccc(Br)c(C(F)(F)F)c1.Oc1ccc(Br)c(C(F)(F)F)c1. The van der Waals surface area contributed by atoms with E-state index in [1.54, 1.807) is 6.92 Å². The molecule has 0 aliphatic rings. The largest absolute Gasteiger partial charge is 0.508 e. The smallest absolute Gasteiger partial charge is 0.417 e. The number of phenols is 1. The number of phenolic OH excluding ortho intramolecular Hbond substituents is 1. The first-order valence-corrected chi connectivity index (χ1v) is 8.50. The van der Waals surface area contributed by atoms with Gasteiger partial charge in [0, 0.05) is 8.95 Å². The number of aromatic hydroxyl groups is 1. The second-order valence-electron chi connectivity index (χ2n) is 4.73. The third-order valence-electron chi connectivity index (χ3n) is 2.81. The lowest BCUT2D eigenvalue weighted by molar-refractivity contribution is -0.139. The van der Waals surface area contributed by atoms with Crippen LogP contribution < -0.4 is 4.74 Å². The topological polar surface area (TPSA) is 29.5 Å². The molecule has 0 spiro atoms. The second kappa shape index (κ2) is 8.98. The zero-order valence-corrected chi connectivity index (χ0v) is 16.2. The molecule has 2 nitrogen and oxygen atoms in total. The first-order valence-electron chi connectivity index (χ1n) is 6.91. The lowest BCUT2D eigenvalue weighted by Crippen LogP contribution is -2.06. The highest BCUT2D eigenvalue weighted by Gasteiger charge is 2.34. The maximum Gasteiger partial charge on any atom is 0.417 e. The summed E-state index contributed by atoms with van der Waals surface area (Å²) in [6.45, 7) is 2.06. The van der Waals surface area contributed by atoms with Gasteiger partial charge in [-0.2, -0.15) is 26.3 Å². The van der Waals surface area contributed by atoms with Gasteiger partial charge in [0.2, 0.25) is 0 Å². The Morgan fingerprint density at radius 1 is 0.846 bits per heavy atom. The van der Waals surface area contributed by atoms with Crippen LogP contribution in [-0.4, -0.2) is 11.7 Å². The second-order valence-corrected chi connectivity index (χ2v) is 6.44. The number of halogens is 8. The van der Waals surface area contributed by atoms with Gasteiger partial charge in [-0.3, -0.25) is 0 Å². The van der Waals surface area contributed by atoms with Crippen LogP contribution in [0.5, 0.6) is 11.5 Å². The van der Waals surface area contributed by atoms with Crippen molar-refractivity contribution in [1.82, 2.24) is 0 Å². The average molecular weight is 510 g/mol. The third-order valence-corrected chi connectivity index (χ3v) is 4.19. The molecule has 0 saturated heterocycles. The fraction of sp³-hybridized carbons (Fsp3) is 0.250. The number of hydrogen-bond acceptors (Lipinski definition) is 2. The van der Waals surface area contributed by atoms with Crippen molar-refractivity contribution in [2.45, 2.75) is 19.3 Å². The summed E-state index contributed by atoms with van der Waals surface area (Å²) in [5, 5.41) is 8.78. The number of rotatable bonds is 2. The predicted octanol–water partition coefficient (Wildman–Crippen LogP) is 7.04.